The van der Waals surface area contributed by atoms with Gasteiger partial charge in [0.15, 0.2) is 5.58 Å². The molecular formula is C21H30N2O4. The molecule has 2 atom stereocenters. The molecule has 0 spiro atoms. The smallest absolute Gasteiger partial charge is 0.253 e. The fraction of sp³-hybridized carbons (Fsp3) is 0.619. The molecule has 1 N–H and O–H groups in total. The molecule has 0 bridgehead atoms. The third kappa shape index (κ3) is 4.87. The second kappa shape index (κ2) is 7.98. The van der Waals surface area contributed by atoms with Gasteiger partial charge in [-0.3, -0.25) is 4.79 Å². The lowest BCUT2D eigenvalue weighted by Crippen LogP contribution is -2.36. The highest BCUT2D eigenvalue weighted by atomic mass is 16.5. The van der Waals surface area contributed by atoms with Crippen LogP contribution in [0.15, 0.2) is 22.6 Å². The first-order chi connectivity index (χ1) is 12.7. The first kappa shape index (κ1) is 19.8. The van der Waals surface area contributed by atoms with Gasteiger partial charge in [0.2, 0.25) is 5.89 Å². The Balaban J connectivity index is 1.68. The van der Waals surface area contributed by atoms with E-state index < -0.39 is 6.10 Å². The lowest BCUT2D eigenvalue weighted by molar-refractivity contribution is -0.132. The Morgan fingerprint density at radius 3 is 2.78 bits per heavy atom. The molecule has 0 saturated carbocycles. The minimum atomic E-state index is -0.521. The van der Waals surface area contributed by atoms with Gasteiger partial charge in [-0.2, -0.15) is 0 Å². The van der Waals surface area contributed by atoms with E-state index in [0.29, 0.717) is 23.8 Å². The minimum absolute atomic E-state index is 0.0645. The van der Waals surface area contributed by atoms with Gasteiger partial charge < -0.3 is 19.2 Å². The first-order valence-corrected chi connectivity index (χ1v) is 9.69. The number of fused-ring (bicyclic) bond motifs is 1. The average molecular weight is 374 g/mol. The van der Waals surface area contributed by atoms with Crippen molar-refractivity contribution in [1.82, 2.24) is 4.98 Å². The van der Waals surface area contributed by atoms with Crippen molar-refractivity contribution < 1.29 is 18.7 Å². The maximum atomic E-state index is 12.7. The largest absolute Gasteiger partial charge is 0.440 e. The summed E-state index contributed by atoms with van der Waals surface area (Å²) in [6.45, 7) is 11.4. The van der Waals surface area contributed by atoms with Crippen LogP contribution < -0.4 is 5.32 Å². The topological polar surface area (TPSA) is 73.6 Å². The highest BCUT2D eigenvalue weighted by Gasteiger charge is 2.26. The monoisotopic (exact) mass is 374 g/mol. The summed E-state index contributed by atoms with van der Waals surface area (Å²) in [6, 6.07) is 5.50. The molecule has 27 heavy (non-hydrogen) atoms. The molecule has 1 aliphatic rings. The molecule has 0 radical (unpaired) electrons. The Labute approximate surface area is 160 Å². The molecule has 0 aliphatic carbocycles. The summed E-state index contributed by atoms with van der Waals surface area (Å²) in [5.74, 6) is 0.595. The molecule has 6 nitrogen and oxygen atoms in total. The van der Waals surface area contributed by atoms with E-state index in [4.69, 9.17) is 13.9 Å². The van der Waals surface area contributed by atoms with Crippen molar-refractivity contribution in [3.05, 3.63) is 24.1 Å². The van der Waals surface area contributed by atoms with Crippen LogP contribution in [0.1, 0.15) is 53.4 Å². The van der Waals surface area contributed by atoms with E-state index in [0.717, 1.165) is 25.0 Å². The Morgan fingerprint density at radius 2 is 2.15 bits per heavy atom. The minimum Gasteiger partial charge on any atom is -0.440 e. The zero-order chi connectivity index (χ0) is 19.6. The standard InChI is InChI=1S/C21H30N2O4/c1-13(2)18(26-12-15-7-6-10-25-15)19(24)22-14-8-9-17-16(11-14)23-20(27-17)21(3,4)5/h8-9,11,13,15,18H,6-7,10,12H2,1-5H3,(H,22,24)/t15-,18+/m0/s1. The van der Waals surface area contributed by atoms with Crippen LogP contribution in [0, 0.1) is 5.92 Å². The van der Waals surface area contributed by atoms with Gasteiger partial charge in [0.1, 0.15) is 11.6 Å². The summed E-state index contributed by atoms with van der Waals surface area (Å²) in [5.41, 5.74) is 1.97. The van der Waals surface area contributed by atoms with Crippen LogP contribution in [0.25, 0.3) is 11.1 Å². The van der Waals surface area contributed by atoms with E-state index in [-0.39, 0.29) is 23.3 Å². The SMILES string of the molecule is CC(C)[C@@H](OC[C@@H]1CCCO1)C(=O)Nc1ccc2oc(C(C)(C)C)nc2c1. The van der Waals surface area contributed by atoms with Gasteiger partial charge in [0.05, 0.1) is 12.7 Å². The predicted octanol–water partition coefficient (Wildman–Crippen LogP) is 4.28. The molecule has 1 fully saturated rings. The molecular weight excluding hydrogens is 344 g/mol. The lowest BCUT2D eigenvalue weighted by Gasteiger charge is -2.22. The predicted molar refractivity (Wildman–Crippen MR) is 105 cm³/mol. The van der Waals surface area contributed by atoms with Crippen LogP contribution in [0.2, 0.25) is 0 Å². The Kier molecular flexibility index (Phi) is 5.86. The van der Waals surface area contributed by atoms with Gasteiger partial charge >= 0.3 is 0 Å². The molecule has 2 aromatic rings. The van der Waals surface area contributed by atoms with E-state index in [1.165, 1.54) is 0 Å². The van der Waals surface area contributed by atoms with Crippen molar-refractivity contribution >= 4 is 22.7 Å². The van der Waals surface area contributed by atoms with Crippen molar-refractivity contribution in [2.75, 3.05) is 18.5 Å². The molecule has 1 aromatic carbocycles. The number of anilines is 1. The number of aromatic nitrogens is 1. The summed E-state index contributed by atoms with van der Waals surface area (Å²) in [6.07, 6.45) is 1.63. The number of carbonyl (C=O) groups is 1. The molecule has 148 valence electrons. The summed E-state index contributed by atoms with van der Waals surface area (Å²) in [5, 5.41) is 2.95. The van der Waals surface area contributed by atoms with Crippen molar-refractivity contribution in [2.24, 2.45) is 5.92 Å². The number of benzene rings is 1. The summed E-state index contributed by atoms with van der Waals surface area (Å²) < 4.78 is 17.3. The van der Waals surface area contributed by atoms with Crippen LogP contribution in [0.4, 0.5) is 5.69 Å². The number of oxazole rings is 1. The van der Waals surface area contributed by atoms with Gasteiger partial charge in [-0.25, -0.2) is 4.98 Å². The number of hydrogen-bond donors (Lipinski definition) is 1. The van der Waals surface area contributed by atoms with Crippen LogP contribution >= 0.6 is 0 Å². The van der Waals surface area contributed by atoms with Gasteiger partial charge in [-0.05, 0) is 37.0 Å². The van der Waals surface area contributed by atoms with Gasteiger partial charge in [0.25, 0.3) is 5.91 Å². The molecule has 1 aliphatic heterocycles. The van der Waals surface area contributed by atoms with Crippen LogP contribution in [0.3, 0.4) is 0 Å². The second-order valence-electron chi connectivity index (χ2n) is 8.57. The summed E-state index contributed by atoms with van der Waals surface area (Å²) in [4.78, 5) is 17.3. The lowest BCUT2D eigenvalue weighted by atomic mass is 9.97. The number of carbonyl (C=O) groups excluding carboxylic acids is 1. The van der Waals surface area contributed by atoms with Crippen LogP contribution in [0.5, 0.6) is 0 Å². The van der Waals surface area contributed by atoms with E-state index in [1.807, 2.05) is 32.0 Å². The highest BCUT2D eigenvalue weighted by molar-refractivity contribution is 5.95. The van der Waals surface area contributed by atoms with Crippen LogP contribution in [-0.4, -0.2) is 36.3 Å². The molecule has 1 aromatic heterocycles. The van der Waals surface area contributed by atoms with Crippen molar-refractivity contribution in [3.8, 4) is 0 Å². The molecule has 1 amide bonds. The number of amides is 1. The zero-order valence-electron chi connectivity index (χ0n) is 16.9. The molecule has 2 heterocycles. The fourth-order valence-corrected chi connectivity index (χ4v) is 3.10. The molecule has 1 saturated heterocycles. The van der Waals surface area contributed by atoms with Crippen molar-refractivity contribution in [2.45, 2.75) is 65.1 Å². The van der Waals surface area contributed by atoms with E-state index >= 15 is 0 Å². The number of ether oxygens (including phenoxy) is 2. The molecule has 3 rings (SSSR count). The maximum Gasteiger partial charge on any atom is 0.253 e. The average Bonchev–Trinajstić information content (AvgIpc) is 3.22. The van der Waals surface area contributed by atoms with Crippen molar-refractivity contribution in [1.29, 1.82) is 0 Å². The zero-order valence-corrected chi connectivity index (χ0v) is 16.9. The van der Waals surface area contributed by atoms with E-state index in [9.17, 15) is 4.79 Å². The Hall–Kier alpha value is -1.92. The number of nitrogens with zero attached hydrogens (tertiary/aromatic N) is 1. The molecule has 6 heteroatoms. The normalized spacial score (nSPS) is 19.0. The number of hydrogen-bond acceptors (Lipinski definition) is 5. The molecule has 0 unspecified atom stereocenters. The number of nitrogens with one attached hydrogen (secondary N) is 1. The second-order valence-corrected chi connectivity index (χ2v) is 8.57. The first-order valence-electron chi connectivity index (χ1n) is 9.69. The summed E-state index contributed by atoms with van der Waals surface area (Å²) in [7, 11) is 0. The maximum absolute atomic E-state index is 12.7. The van der Waals surface area contributed by atoms with Crippen molar-refractivity contribution in [3.63, 3.8) is 0 Å². The van der Waals surface area contributed by atoms with Gasteiger partial charge in [-0.1, -0.05) is 34.6 Å². The Morgan fingerprint density at radius 1 is 1.37 bits per heavy atom. The third-order valence-electron chi connectivity index (χ3n) is 4.65. The van der Waals surface area contributed by atoms with E-state index in [1.54, 1.807) is 0 Å². The van der Waals surface area contributed by atoms with Gasteiger partial charge in [-0.15, -0.1) is 0 Å². The highest BCUT2D eigenvalue weighted by Crippen LogP contribution is 2.27. The quantitative estimate of drug-likeness (QED) is 0.817. The summed E-state index contributed by atoms with van der Waals surface area (Å²) >= 11 is 0. The third-order valence-corrected chi connectivity index (χ3v) is 4.65. The van der Waals surface area contributed by atoms with E-state index in [2.05, 4.69) is 31.1 Å². The number of rotatable bonds is 6. The fourth-order valence-electron chi connectivity index (χ4n) is 3.10. The Bertz CT molecular complexity index is 785. The van der Waals surface area contributed by atoms with Crippen LogP contribution in [-0.2, 0) is 19.7 Å². The van der Waals surface area contributed by atoms with Gasteiger partial charge in [0, 0.05) is 17.7 Å².